The second kappa shape index (κ2) is 9.00. The molecule has 2 aromatic carbocycles. The molecule has 1 spiro atoms. The van der Waals surface area contributed by atoms with Crippen LogP contribution in [0.4, 0.5) is 5.69 Å². The van der Waals surface area contributed by atoms with Crippen molar-refractivity contribution in [3.05, 3.63) is 62.7 Å². The number of hydrogen-bond donors (Lipinski definition) is 0. The smallest absolute Gasteiger partial charge is 0.288 e. The predicted octanol–water partition coefficient (Wildman–Crippen LogP) is 5.42. The minimum absolute atomic E-state index is 0.0303. The molecule has 4 rings (SSSR count). The molecule has 0 radical (unpaired) electrons. The van der Waals surface area contributed by atoms with Crippen molar-refractivity contribution < 1.29 is 24.0 Å². The lowest BCUT2D eigenvalue weighted by atomic mass is 9.63. The van der Waals surface area contributed by atoms with Gasteiger partial charge in [0, 0.05) is 38.2 Å². The van der Waals surface area contributed by atoms with E-state index < -0.39 is 10.8 Å². The van der Waals surface area contributed by atoms with Gasteiger partial charge in [0.1, 0.15) is 34.0 Å². The van der Waals surface area contributed by atoms with E-state index in [0.717, 1.165) is 18.4 Å². The normalized spacial score (nSPS) is 18.7. The second-order valence-corrected chi connectivity index (χ2v) is 8.93. The summed E-state index contributed by atoms with van der Waals surface area (Å²) in [6.45, 7) is 3.16. The summed E-state index contributed by atoms with van der Waals surface area (Å²) in [6, 6.07) is 9.46. The quantitative estimate of drug-likeness (QED) is 0.338. The Morgan fingerprint density at radius 1 is 1.09 bits per heavy atom. The van der Waals surface area contributed by atoms with Crippen molar-refractivity contribution in [1.82, 2.24) is 0 Å². The van der Waals surface area contributed by atoms with Crippen LogP contribution in [-0.4, -0.2) is 29.7 Å². The van der Waals surface area contributed by atoms with E-state index in [4.69, 9.17) is 21.1 Å². The van der Waals surface area contributed by atoms with E-state index >= 15 is 0 Å². The number of nitrogens with zero attached hydrogens (tertiary/aromatic N) is 1. The van der Waals surface area contributed by atoms with Gasteiger partial charge < -0.3 is 9.47 Å². The van der Waals surface area contributed by atoms with Gasteiger partial charge in [0.2, 0.25) is 0 Å². The molecule has 0 atom stereocenters. The van der Waals surface area contributed by atoms with Crippen molar-refractivity contribution in [3.63, 3.8) is 0 Å². The van der Waals surface area contributed by atoms with Crippen LogP contribution >= 0.6 is 11.6 Å². The number of carbonyl (C=O) groups excluding carboxylic acids is 2. The highest BCUT2D eigenvalue weighted by Crippen LogP contribution is 2.46. The second-order valence-electron chi connectivity index (χ2n) is 8.52. The lowest BCUT2D eigenvalue weighted by Crippen LogP contribution is -2.42. The predicted molar refractivity (Wildman–Crippen MR) is 118 cm³/mol. The molecule has 1 aliphatic heterocycles. The van der Waals surface area contributed by atoms with Crippen LogP contribution in [0.1, 0.15) is 49.7 Å². The summed E-state index contributed by atoms with van der Waals surface area (Å²) in [5.74, 6) is -0.114. The fraction of sp³-hybridized carbons (Fsp3) is 0.417. The average molecular weight is 458 g/mol. The number of nitro groups is 1. The number of ketones is 2. The van der Waals surface area contributed by atoms with Gasteiger partial charge in [-0.15, -0.1) is 0 Å². The molecule has 2 fully saturated rings. The van der Waals surface area contributed by atoms with E-state index in [1.165, 1.54) is 18.2 Å². The molecular formula is C24H24ClNO6. The van der Waals surface area contributed by atoms with E-state index in [1.54, 1.807) is 12.1 Å². The van der Waals surface area contributed by atoms with Gasteiger partial charge in [-0.05, 0) is 54.0 Å². The van der Waals surface area contributed by atoms with Gasteiger partial charge in [-0.1, -0.05) is 24.6 Å². The maximum absolute atomic E-state index is 13.2. The van der Waals surface area contributed by atoms with Crippen LogP contribution in [0.3, 0.4) is 0 Å². The summed E-state index contributed by atoms with van der Waals surface area (Å²) >= 11 is 5.98. The van der Waals surface area contributed by atoms with Crippen LogP contribution < -0.4 is 4.74 Å². The Hall–Kier alpha value is -2.77. The number of Topliss-reactive ketones (excluding diaryl/α,β-unsaturated/α-hetero) is 2. The Kier molecular flexibility index (Phi) is 6.31. The van der Waals surface area contributed by atoms with E-state index in [9.17, 15) is 19.7 Å². The highest BCUT2D eigenvalue weighted by atomic mass is 35.5. The summed E-state index contributed by atoms with van der Waals surface area (Å²) in [6.07, 6.45) is 2.93. The molecule has 1 aliphatic carbocycles. The molecule has 8 heteroatoms. The third-order valence-corrected chi connectivity index (χ3v) is 6.76. The molecule has 7 nitrogen and oxygen atoms in total. The molecule has 32 heavy (non-hydrogen) atoms. The Labute approximate surface area is 190 Å². The number of benzene rings is 2. The molecule has 168 valence electrons. The first-order chi connectivity index (χ1) is 15.3. The summed E-state index contributed by atoms with van der Waals surface area (Å²) in [4.78, 5) is 36.8. The SMILES string of the molecule is CCc1ccc(Oc2ccc([N+](=O)[O-])c(Cl)c2)cc1C1C(=O)CC2(CCOCC2)CC1=O. The number of aryl methyl sites for hydroxylation is 1. The van der Waals surface area contributed by atoms with Gasteiger partial charge >= 0.3 is 0 Å². The van der Waals surface area contributed by atoms with Crippen LogP contribution in [0.5, 0.6) is 11.5 Å². The molecule has 0 aromatic heterocycles. The zero-order valence-electron chi connectivity index (χ0n) is 17.8. The molecule has 1 saturated carbocycles. The zero-order valence-corrected chi connectivity index (χ0v) is 18.5. The Morgan fingerprint density at radius 3 is 2.31 bits per heavy atom. The highest BCUT2D eigenvalue weighted by molar-refractivity contribution is 6.32. The van der Waals surface area contributed by atoms with E-state index in [2.05, 4.69) is 0 Å². The number of carbonyl (C=O) groups is 2. The third kappa shape index (κ3) is 4.40. The summed E-state index contributed by atoms with van der Waals surface area (Å²) in [5, 5.41) is 10.9. The van der Waals surface area contributed by atoms with Gasteiger partial charge in [0.05, 0.1) is 4.92 Å². The van der Waals surface area contributed by atoms with Gasteiger partial charge in [-0.2, -0.15) is 0 Å². The number of halogens is 1. The molecule has 1 heterocycles. The van der Waals surface area contributed by atoms with Crippen LogP contribution in [0, 0.1) is 15.5 Å². The number of hydrogen-bond acceptors (Lipinski definition) is 6. The lowest BCUT2D eigenvalue weighted by Gasteiger charge is -2.41. The van der Waals surface area contributed by atoms with Crippen molar-refractivity contribution in [3.8, 4) is 11.5 Å². The summed E-state index contributed by atoms with van der Waals surface area (Å²) in [7, 11) is 0. The standard InChI is InChI=1S/C24H24ClNO6/c1-2-15-3-4-16(32-17-5-6-20(26(29)30)19(25)12-17)11-18(15)23-21(27)13-24(14-22(23)28)7-9-31-10-8-24/h3-6,11-12,23H,2,7-10,13-14H2,1H3. The molecule has 1 saturated heterocycles. The number of ether oxygens (including phenoxy) is 2. The zero-order chi connectivity index (χ0) is 22.9. The number of rotatable bonds is 5. The maximum atomic E-state index is 13.2. The number of nitro benzene ring substituents is 1. The van der Waals surface area contributed by atoms with Crippen LogP contribution in [0.25, 0.3) is 0 Å². The van der Waals surface area contributed by atoms with Crippen molar-refractivity contribution >= 4 is 28.9 Å². The maximum Gasteiger partial charge on any atom is 0.288 e. The Bertz CT molecular complexity index is 1060. The monoisotopic (exact) mass is 457 g/mol. The van der Waals surface area contributed by atoms with Crippen LogP contribution in [-0.2, 0) is 20.7 Å². The third-order valence-electron chi connectivity index (χ3n) is 6.46. The molecule has 2 aromatic rings. The molecule has 0 bridgehead atoms. The summed E-state index contributed by atoms with van der Waals surface area (Å²) in [5.41, 5.74) is 1.13. The minimum Gasteiger partial charge on any atom is -0.457 e. The minimum atomic E-state index is -0.789. The molecule has 2 aliphatic rings. The summed E-state index contributed by atoms with van der Waals surface area (Å²) < 4.78 is 11.3. The lowest BCUT2D eigenvalue weighted by molar-refractivity contribution is -0.384. The Morgan fingerprint density at radius 2 is 1.72 bits per heavy atom. The Balaban J connectivity index is 1.61. The van der Waals surface area contributed by atoms with Crippen molar-refractivity contribution in [2.75, 3.05) is 13.2 Å². The van der Waals surface area contributed by atoms with Crippen LogP contribution in [0.2, 0.25) is 5.02 Å². The average Bonchev–Trinajstić information content (AvgIpc) is 2.74. The van der Waals surface area contributed by atoms with Gasteiger partial charge in [0.15, 0.2) is 0 Å². The first kappa shape index (κ1) is 22.4. The molecule has 0 amide bonds. The highest BCUT2D eigenvalue weighted by Gasteiger charge is 2.46. The largest absolute Gasteiger partial charge is 0.457 e. The molecular weight excluding hydrogens is 434 g/mol. The fourth-order valence-electron chi connectivity index (χ4n) is 4.75. The van der Waals surface area contributed by atoms with E-state index in [1.807, 2.05) is 13.0 Å². The van der Waals surface area contributed by atoms with Gasteiger partial charge in [-0.25, -0.2) is 0 Å². The van der Waals surface area contributed by atoms with Gasteiger partial charge in [-0.3, -0.25) is 19.7 Å². The van der Waals surface area contributed by atoms with Crippen LogP contribution in [0.15, 0.2) is 36.4 Å². The van der Waals surface area contributed by atoms with E-state index in [-0.39, 0.29) is 27.7 Å². The first-order valence-electron chi connectivity index (χ1n) is 10.7. The topological polar surface area (TPSA) is 95.7 Å². The first-order valence-corrected chi connectivity index (χ1v) is 11.1. The molecule has 0 N–H and O–H groups in total. The van der Waals surface area contributed by atoms with Gasteiger partial charge in [0.25, 0.3) is 5.69 Å². The van der Waals surface area contributed by atoms with Crippen molar-refractivity contribution in [2.45, 2.75) is 44.9 Å². The van der Waals surface area contributed by atoms with Crippen molar-refractivity contribution in [1.29, 1.82) is 0 Å². The van der Waals surface area contributed by atoms with E-state index in [0.29, 0.717) is 49.5 Å². The van der Waals surface area contributed by atoms with Crippen molar-refractivity contribution in [2.24, 2.45) is 5.41 Å². The fourth-order valence-corrected chi connectivity index (χ4v) is 4.99. The molecule has 0 unspecified atom stereocenters.